The molecule has 2 fully saturated rings. The van der Waals surface area contributed by atoms with Gasteiger partial charge >= 0.3 is 0 Å². The number of anilines is 3. The molecule has 0 aliphatic carbocycles. The third-order valence-corrected chi connectivity index (χ3v) is 4.28. The predicted molar refractivity (Wildman–Crippen MR) is 81.9 cm³/mol. The van der Waals surface area contributed by atoms with Crippen molar-refractivity contribution >= 4 is 17.6 Å². The number of fused-ring (bicyclic) bond motifs is 1. The minimum Gasteiger partial charge on any atom is -0.370 e. The molecule has 20 heavy (non-hydrogen) atoms. The number of rotatable bonds is 4. The molecule has 2 aliphatic rings. The van der Waals surface area contributed by atoms with Crippen LogP contribution in [0.1, 0.15) is 13.3 Å². The first-order valence-corrected chi connectivity index (χ1v) is 7.47. The highest BCUT2D eigenvalue weighted by Gasteiger charge is 2.39. The van der Waals surface area contributed by atoms with Crippen molar-refractivity contribution in [3.63, 3.8) is 0 Å². The Bertz CT molecular complexity index is 463. The van der Waals surface area contributed by atoms with Gasteiger partial charge in [0.1, 0.15) is 11.6 Å². The van der Waals surface area contributed by atoms with Gasteiger partial charge in [0.15, 0.2) is 0 Å². The Morgan fingerprint density at radius 1 is 1.25 bits per heavy atom. The Labute approximate surface area is 120 Å². The van der Waals surface area contributed by atoms with E-state index in [0.717, 1.165) is 49.5 Å². The Morgan fingerprint density at radius 3 is 2.60 bits per heavy atom. The van der Waals surface area contributed by atoms with E-state index in [-0.39, 0.29) is 0 Å². The maximum Gasteiger partial charge on any atom is 0.223 e. The molecule has 110 valence electrons. The molecule has 6 nitrogen and oxygen atoms in total. The zero-order chi connectivity index (χ0) is 14.1. The lowest BCUT2D eigenvalue weighted by Gasteiger charge is -2.21. The average molecular weight is 276 g/mol. The summed E-state index contributed by atoms with van der Waals surface area (Å²) in [5.74, 6) is 3.69. The van der Waals surface area contributed by atoms with Gasteiger partial charge in [0.05, 0.1) is 0 Å². The lowest BCUT2D eigenvalue weighted by molar-refractivity contribution is 0.387. The van der Waals surface area contributed by atoms with Gasteiger partial charge in [0.25, 0.3) is 0 Å². The summed E-state index contributed by atoms with van der Waals surface area (Å²) in [4.78, 5) is 13.4. The van der Waals surface area contributed by atoms with Crippen LogP contribution in [-0.2, 0) is 0 Å². The molecule has 2 saturated heterocycles. The molecule has 0 aromatic carbocycles. The summed E-state index contributed by atoms with van der Waals surface area (Å²) in [6.07, 6.45) is 1.07. The van der Waals surface area contributed by atoms with Crippen molar-refractivity contribution in [2.45, 2.75) is 13.3 Å². The Hall–Kier alpha value is -1.56. The second-order valence-electron chi connectivity index (χ2n) is 6.04. The standard InChI is InChI=1S/C14H24N6/c1-3-4-16-12-5-13(18-14(15)17-12)20-8-10-6-19(2)7-11(10)9-20/h5,10-11H,3-4,6-9H2,1-2H3,(H3,15,16,17,18)/t10-,11+. The smallest absolute Gasteiger partial charge is 0.223 e. The van der Waals surface area contributed by atoms with Gasteiger partial charge in [-0.05, 0) is 25.3 Å². The van der Waals surface area contributed by atoms with E-state index in [1.165, 1.54) is 13.1 Å². The van der Waals surface area contributed by atoms with Crippen LogP contribution >= 0.6 is 0 Å². The minimum atomic E-state index is 0.357. The van der Waals surface area contributed by atoms with E-state index in [1.54, 1.807) is 0 Å². The summed E-state index contributed by atoms with van der Waals surface area (Å²) in [6, 6.07) is 2.02. The third-order valence-electron chi connectivity index (χ3n) is 4.28. The number of aromatic nitrogens is 2. The Balaban J connectivity index is 1.73. The Morgan fingerprint density at radius 2 is 1.95 bits per heavy atom. The molecule has 3 N–H and O–H groups in total. The van der Waals surface area contributed by atoms with Gasteiger partial charge in [-0.25, -0.2) is 0 Å². The first-order chi connectivity index (χ1) is 9.65. The summed E-state index contributed by atoms with van der Waals surface area (Å²) in [5, 5.41) is 3.29. The number of nitrogen functional groups attached to an aromatic ring is 1. The van der Waals surface area contributed by atoms with Crippen molar-refractivity contribution in [2.24, 2.45) is 11.8 Å². The second-order valence-corrected chi connectivity index (χ2v) is 6.04. The van der Waals surface area contributed by atoms with E-state index in [2.05, 4.69) is 39.1 Å². The van der Waals surface area contributed by atoms with Gasteiger partial charge in [-0.3, -0.25) is 0 Å². The lowest BCUT2D eigenvalue weighted by Crippen LogP contribution is -2.27. The maximum atomic E-state index is 5.84. The van der Waals surface area contributed by atoms with E-state index < -0.39 is 0 Å². The predicted octanol–water partition coefficient (Wildman–Crippen LogP) is 0.879. The highest BCUT2D eigenvalue weighted by Crippen LogP contribution is 2.33. The monoisotopic (exact) mass is 276 g/mol. The van der Waals surface area contributed by atoms with Crippen LogP contribution < -0.4 is 16.0 Å². The molecule has 2 atom stereocenters. The van der Waals surface area contributed by atoms with E-state index in [9.17, 15) is 0 Å². The topological polar surface area (TPSA) is 70.3 Å². The number of nitrogens with zero attached hydrogens (tertiary/aromatic N) is 4. The molecule has 0 saturated carbocycles. The van der Waals surface area contributed by atoms with Gasteiger partial charge in [-0.2, -0.15) is 9.97 Å². The molecule has 0 amide bonds. The molecule has 6 heteroatoms. The number of likely N-dealkylation sites (tertiary alicyclic amines) is 1. The van der Waals surface area contributed by atoms with Crippen LogP contribution in [0, 0.1) is 11.8 Å². The number of hydrogen-bond donors (Lipinski definition) is 2. The fraction of sp³-hybridized carbons (Fsp3) is 0.714. The van der Waals surface area contributed by atoms with Crippen LogP contribution in [0.4, 0.5) is 17.6 Å². The molecule has 3 heterocycles. The van der Waals surface area contributed by atoms with Gasteiger partial charge in [0, 0.05) is 38.8 Å². The van der Waals surface area contributed by atoms with Crippen LogP contribution in [0.5, 0.6) is 0 Å². The van der Waals surface area contributed by atoms with Crippen molar-refractivity contribution in [3.8, 4) is 0 Å². The highest BCUT2D eigenvalue weighted by atomic mass is 15.3. The SMILES string of the molecule is CCCNc1cc(N2C[C@H]3CN(C)C[C@H]3C2)nc(N)n1. The van der Waals surface area contributed by atoms with E-state index >= 15 is 0 Å². The summed E-state index contributed by atoms with van der Waals surface area (Å²) >= 11 is 0. The normalized spacial score (nSPS) is 26.0. The van der Waals surface area contributed by atoms with Gasteiger partial charge in [-0.15, -0.1) is 0 Å². The molecule has 0 unspecified atom stereocenters. The zero-order valence-electron chi connectivity index (χ0n) is 12.3. The molecular weight excluding hydrogens is 252 g/mol. The van der Waals surface area contributed by atoms with Crippen LogP contribution in [0.2, 0.25) is 0 Å². The van der Waals surface area contributed by atoms with E-state index in [1.807, 2.05) is 6.07 Å². The van der Waals surface area contributed by atoms with Crippen molar-refractivity contribution in [1.29, 1.82) is 0 Å². The van der Waals surface area contributed by atoms with Crippen molar-refractivity contribution in [3.05, 3.63) is 6.07 Å². The number of hydrogen-bond acceptors (Lipinski definition) is 6. The van der Waals surface area contributed by atoms with Crippen LogP contribution in [0.15, 0.2) is 6.07 Å². The molecule has 3 rings (SSSR count). The van der Waals surface area contributed by atoms with Gasteiger partial charge < -0.3 is 20.9 Å². The first-order valence-electron chi connectivity index (χ1n) is 7.47. The summed E-state index contributed by atoms with van der Waals surface area (Å²) in [7, 11) is 2.21. The molecule has 1 aromatic rings. The highest BCUT2D eigenvalue weighted by molar-refractivity contribution is 5.53. The van der Waals surface area contributed by atoms with Gasteiger partial charge in [0.2, 0.25) is 5.95 Å². The molecular formula is C14H24N6. The van der Waals surface area contributed by atoms with Crippen molar-refractivity contribution < 1.29 is 0 Å². The maximum absolute atomic E-state index is 5.84. The first kappa shape index (κ1) is 13.4. The van der Waals surface area contributed by atoms with Crippen molar-refractivity contribution in [1.82, 2.24) is 14.9 Å². The third kappa shape index (κ3) is 2.65. The average Bonchev–Trinajstić information content (AvgIpc) is 2.92. The van der Waals surface area contributed by atoms with Crippen molar-refractivity contribution in [2.75, 3.05) is 55.7 Å². The molecule has 2 aliphatic heterocycles. The second kappa shape index (κ2) is 5.44. The van der Waals surface area contributed by atoms with E-state index in [0.29, 0.717) is 5.95 Å². The fourth-order valence-corrected chi connectivity index (χ4v) is 3.37. The minimum absolute atomic E-state index is 0.357. The largest absolute Gasteiger partial charge is 0.370 e. The molecule has 0 bridgehead atoms. The summed E-state index contributed by atoms with van der Waals surface area (Å²) in [5.41, 5.74) is 5.84. The lowest BCUT2D eigenvalue weighted by atomic mass is 10.0. The van der Waals surface area contributed by atoms with Crippen LogP contribution in [0.3, 0.4) is 0 Å². The summed E-state index contributed by atoms with van der Waals surface area (Å²) in [6.45, 7) is 7.60. The quantitative estimate of drug-likeness (QED) is 0.850. The number of nitrogens with one attached hydrogen (secondary N) is 1. The molecule has 1 aromatic heterocycles. The fourth-order valence-electron chi connectivity index (χ4n) is 3.37. The molecule has 0 radical (unpaired) electrons. The van der Waals surface area contributed by atoms with Gasteiger partial charge in [-0.1, -0.05) is 6.92 Å². The van der Waals surface area contributed by atoms with Crippen LogP contribution in [0.25, 0.3) is 0 Å². The zero-order valence-corrected chi connectivity index (χ0v) is 12.3. The summed E-state index contributed by atoms with van der Waals surface area (Å²) < 4.78 is 0. The molecule has 0 spiro atoms. The van der Waals surface area contributed by atoms with E-state index in [4.69, 9.17) is 5.73 Å². The Kier molecular flexibility index (Phi) is 3.65. The van der Waals surface area contributed by atoms with Crippen LogP contribution in [-0.4, -0.2) is 54.6 Å². The number of nitrogens with two attached hydrogens (primary N) is 1.